The third kappa shape index (κ3) is 4.09. The molecule has 1 amide bonds. The van der Waals surface area contributed by atoms with Gasteiger partial charge in [0.1, 0.15) is 5.69 Å². The summed E-state index contributed by atoms with van der Waals surface area (Å²) in [6.45, 7) is 1.79. The summed E-state index contributed by atoms with van der Waals surface area (Å²) in [6, 6.07) is 16.7. The Kier molecular flexibility index (Phi) is 6.20. The first-order valence-corrected chi connectivity index (χ1v) is 11.2. The normalized spacial score (nSPS) is 11.0. The lowest BCUT2D eigenvalue weighted by molar-refractivity contribution is -0.113. The Hall–Kier alpha value is -3.30. The number of nitrogens with zero attached hydrogens (tertiary/aromatic N) is 5. The van der Waals surface area contributed by atoms with Gasteiger partial charge in [0.2, 0.25) is 5.91 Å². The second kappa shape index (κ2) is 9.05. The van der Waals surface area contributed by atoms with Crippen LogP contribution < -0.4 is 10.9 Å². The molecule has 0 aliphatic carbocycles. The molecule has 0 spiro atoms. The zero-order chi connectivity index (χ0) is 22.8. The van der Waals surface area contributed by atoms with Crippen molar-refractivity contribution < 1.29 is 4.79 Å². The number of aromatic nitrogens is 5. The van der Waals surface area contributed by atoms with Crippen molar-refractivity contribution in [2.45, 2.75) is 12.1 Å². The second-order valence-corrected chi connectivity index (χ2v) is 8.47. The number of halogens is 1. The van der Waals surface area contributed by atoms with Crippen molar-refractivity contribution in [3.05, 3.63) is 75.7 Å². The Bertz CT molecular complexity index is 1340. The number of anilines is 1. The van der Waals surface area contributed by atoms with E-state index in [1.165, 1.54) is 16.4 Å². The molecule has 2 heterocycles. The zero-order valence-electron chi connectivity index (χ0n) is 17.7. The first kappa shape index (κ1) is 21.9. The minimum Gasteiger partial charge on any atom is -0.319 e. The molecule has 0 fully saturated rings. The van der Waals surface area contributed by atoms with E-state index < -0.39 is 0 Å². The van der Waals surface area contributed by atoms with Crippen LogP contribution in [-0.2, 0) is 18.9 Å². The number of carbonyl (C=O) groups excluding carboxylic acids is 1. The van der Waals surface area contributed by atoms with Gasteiger partial charge in [-0.3, -0.25) is 14.3 Å². The Morgan fingerprint density at radius 3 is 2.47 bits per heavy atom. The van der Waals surface area contributed by atoms with E-state index in [9.17, 15) is 9.59 Å². The Morgan fingerprint density at radius 2 is 1.75 bits per heavy atom. The standard InChI is InChI=1S/C22H21ClN6O2S/c1-14-19(21(31)29(28(14)3)15-9-5-4-6-10-15)24-18(30)13-32-22-26-25-20(27(22)2)16-11-7-8-12-17(16)23/h4-12H,13H2,1-3H3,(H,24,30). The number of para-hydroxylation sites is 1. The summed E-state index contributed by atoms with van der Waals surface area (Å²) in [7, 11) is 3.60. The van der Waals surface area contributed by atoms with Crippen molar-refractivity contribution in [1.29, 1.82) is 0 Å². The lowest BCUT2D eigenvalue weighted by atomic mass is 10.2. The minimum absolute atomic E-state index is 0.0770. The molecule has 2 aromatic heterocycles. The Labute approximate surface area is 193 Å². The van der Waals surface area contributed by atoms with Gasteiger partial charge >= 0.3 is 0 Å². The van der Waals surface area contributed by atoms with Gasteiger partial charge in [-0.1, -0.05) is 53.7 Å². The highest BCUT2D eigenvalue weighted by atomic mass is 35.5. The summed E-state index contributed by atoms with van der Waals surface area (Å²) < 4.78 is 5.03. The number of hydrogen-bond donors (Lipinski definition) is 1. The van der Waals surface area contributed by atoms with Gasteiger partial charge in [0, 0.05) is 19.7 Å². The van der Waals surface area contributed by atoms with E-state index in [1.807, 2.05) is 55.6 Å². The molecule has 32 heavy (non-hydrogen) atoms. The molecular weight excluding hydrogens is 448 g/mol. The maximum atomic E-state index is 12.9. The first-order valence-electron chi connectivity index (χ1n) is 9.79. The van der Waals surface area contributed by atoms with Crippen LogP contribution in [0.2, 0.25) is 5.02 Å². The molecule has 0 saturated carbocycles. The van der Waals surface area contributed by atoms with Gasteiger partial charge in [-0.15, -0.1) is 10.2 Å². The number of benzene rings is 2. The average Bonchev–Trinajstić information content (AvgIpc) is 3.25. The Balaban J connectivity index is 1.49. The third-order valence-electron chi connectivity index (χ3n) is 5.10. The number of carbonyl (C=O) groups is 1. The van der Waals surface area contributed by atoms with Crippen LogP contribution in [0.4, 0.5) is 5.69 Å². The average molecular weight is 469 g/mol. The second-order valence-electron chi connectivity index (χ2n) is 7.12. The van der Waals surface area contributed by atoms with Gasteiger partial charge in [0.15, 0.2) is 11.0 Å². The monoisotopic (exact) mass is 468 g/mol. The molecule has 0 atom stereocenters. The number of amides is 1. The van der Waals surface area contributed by atoms with Crippen molar-refractivity contribution in [1.82, 2.24) is 24.1 Å². The van der Waals surface area contributed by atoms with E-state index in [2.05, 4.69) is 15.5 Å². The van der Waals surface area contributed by atoms with Gasteiger partial charge in [-0.25, -0.2) is 4.68 Å². The molecule has 2 aromatic carbocycles. The van der Waals surface area contributed by atoms with Crippen molar-refractivity contribution in [3.63, 3.8) is 0 Å². The topological polar surface area (TPSA) is 86.7 Å². The number of rotatable bonds is 6. The SMILES string of the molecule is Cc1c(NC(=O)CSc2nnc(-c3ccccc3Cl)n2C)c(=O)n(-c2ccccc2)n1C. The number of hydrogen-bond acceptors (Lipinski definition) is 5. The molecular formula is C22H21ClN6O2S. The van der Waals surface area contributed by atoms with Crippen LogP contribution in [0.3, 0.4) is 0 Å². The summed E-state index contributed by atoms with van der Waals surface area (Å²) in [5.74, 6) is 0.389. The van der Waals surface area contributed by atoms with E-state index >= 15 is 0 Å². The van der Waals surface area contributed by atoms with Crippen molar-refractivity contribution in [3.8, 4) is 17.1 Å². The van der Waals surface area contributed by atoms with Crippen LogP contribution in [0, 0.1) is 6.92 Å². The fraction of sp³-hybridized carbons (Fsp3) is 0.182. The lowest BCUT2D eigenvalue weighted by Crippen LogP contribution is -2.23. The number of nitrogens with one attached hydrogen (secondary N) is 1. The largest absolute Gasteiger partial charge is 0.319 e. The zero-order valence-corrected chi connectivity index (χ0v) is 19.3. The molecule has 1 N–H and O–H groups in total. The summed E-state index contributed by atoms with van der Waals surface area (Å²) in [5.41, 5.74) is 2.13. The summed E-state index contributed by atoms with van der Waals surface area (Å²) in [6.07, 6.45) is 0. The molecule has 164 valence electrons. The maximum Gasteiger partial charge on any atom is 0.295 e. The molecule has 4 rings (SSSR count). The summed E-state index contributed by atoms with van der Waals surface area (Å²) in [4.78, 5) is 25.6. The number of thioether (sulfide) groups is 1. The highest BCUT2D eigenvalue weighted by molar-refractivity contribution is 7.99. The molecule has 0 bridgehead atoms. The van der Waals surface area contributed by atoms with Crippen LogP contribution in [0.1, 0.15) is 5.69 Å². The highest BCUT2D eigenvalue weighted by Gasteiger charge is 2.19. The fourth-order valence-corrected chi connectivity index (χ4v) is 4.27. The van der Waals surface area contributed by atoms with Crippen molar-refractivity contribution >= 4 is 35.0 Å². The molecule has 0 aliphatic rings. The lowest BCUT2D eigenvalue weighted by Gasteiger charge is -2.07. The summed E-state index contributed by atoms with van der Waals surface area (Å²) >= 11 is 7.49. The molecule has 0 saturated heterocycles. The fourth-order valence-electron chi connectivity index (χ4n) is 3.34. The third-order valence-corrected chi connectivity index (χ3v) is 6.45. The van der Waals surface area contributed by atoms with Crippen molar-refractivity contribution in [2.24, 2.45) is 14.1 Å². The quantitative estimate of drug-likeness (QED) is 0.436. The van der Waals surface area contributed by atoms with E-state index in [1.54, 1.807) is 29.3 Å². The van der Waals surface area contributed by atoms with E-state index in [0.717, 1.165) is 11.3 Å². The predicted molar refractivity (Wildman–Crippen MR) is 127 cm³/mol. The molecule has 0 unspecified atom stereocenters. The van der Waals surface area contributed by atoms with Gasteiger partial charge < -0.3 is 9.88 Å². The van der Waals surface area contributed by atoms with Gasteiger partial charge in [0.05, 0.1) is 22.2 Å². The van der Waals surface area contributed by atoms with E-state index in [4.69, 9.17) is 11.6 Å². The van der Waals surface area contributed by atoms with Crippen LogP contribution in [0.5, 0.6) is 0 Å². The van der Waals surface area contributed by atoms with E-state index in [-0.39, 0.29) is 22.9 Å². The predicted octanol–water partition coefficient (Wildman–Crippen LogP) is 3.66. The molecule has 8 nitrogen and oxygen atoms in total. The molecule has 4 aromatic rings. The molecule has 10 heteroatoms. The van der Waals surface area contributed by atoms with Crippen molar-refractivity contribution in [2.75, 3.05) is 11.1 Å². The molecule has 0 aliphatic heterocycles. The van der Waals surface area contributed by atoms with Crippen LogP contribution in [0.25, 0.3) is 17.1 Å². The summed E-state index contributed by atoms with van der Waals surface area (Å²) in [5, 5.41) is 12.3. The maximum absolute atomic E-state index is 12.9. The highest BCUT2D eigenvalue weighted by Crippen LogP contribution is 2.28. The first-order chi connectivity index (χ1) is 15.4. The van der Waals surface area contributed by atoms with Crippen LogP contribution in [-0.4, -0.2) is 35.8 Å². The van der Waals surface area contributed by atoms with E-state index in [0.29, 0.717) is 21.7 Å². The van der Waals surface area contributed by atoms with Gasteiger partial charge in [-0.05, 0) is 31.2 Å². The van der Waals surface area contributed by atoms with Crippen LogP contribution in [0.15, 0.2) is 64.5 Å². The Morgan fingerprint density at radius 1 is 1.06 bits per heavy atom. The van der Waals surface area contributed by atoms with Gasteiger partial charge in [0.25, 0.3) is 5.56 Å². The molecule has 0 radical (unpaired) electrons. The van der Waals surface area contributed by atoms with Gasteiger partial charge in [-0.2, -0.15) is 0 Å². The minimum atomic E-state index is -0.302. The van der Waals surface area contributed by atoms with Crippen LogP contribution >= 0.6 is 23.4 Å². The smallest absolute Gasteiger partial charge is 0.295 e.